The van der Waals surface area contributed by atoms with Gasteiger partial charge in [0.25, 0.3) is 0 Å². The van der Waals surface area contributed by atoms with Crippen LogP contribution in [-0.2, 0) is 4.74 Å². The lowest BCUT2D eigenvalue weighted by molar-refractivity contribution is -0.00249. The molecule has 2 atom stereocenters. The topological polar surface area (TPSA) is 18.5 Å². The van der Waals surface area contributed by atoms with Gasteiger partial charge in [-0.2, -0.15) is 4.39 Å². The number of hydrogen-bond donors (Lipinski definition) is 0. The molecule has 0 radical (unpaired) electrons. The predicted molar refractivity (Wildman–Crippen MR) is 109 cm³/mol. The van der Waals surface area contributed by atoms with E-state index in [4.69, 9.17) is 9.47 Å². The summed E-state index contributed by atoms with van der Waals surface area (Å²) in [6, 6.07) is 7.29. The van der Waals surface area contributed by atoms with E-state index in [1.807, 2.05) is 0 Å². The molecule has 1 saturated heterocycles. The van der Waals surface area contributed by atoms with Gasteiger partial charge in [-0.1, -0.05) is 44.6 Å². The summed E-state index contributed by atoms with van der Waals surface area (Å²) < 4.78 is 54.5. The van der Waals surface area contributed by atoms with Crippen molar-refractivity contribution in [2.75, 3.05) is 13.2 Å². The number of halogens is 3. The molecule has 0 N–H and O–H groups in total. The first-order valence-corrected chi connectivity index (χ1v) is 10.2. The molecule has 0 bridgehead atoms. The van der Waals surface area contributed by atoms with Crippen molar-refractivity contribution in [3.8, 4) is 16.9 Å². The van der Waals surface area contributed by atoms with E-state index in [0.29, 0.717) is 12.2 Å². The van der Waals surface area contributed by atoms with E-state index in [-0.39, 0.29) is 35.5 Å². The summed E-state index contributed by atoms with van der Waals surface area (Å²) in [6.07, 6.45) is 6.80. The highest BCUT2D eigenvalue weighted by molar-refractivity contribution is 5.66. The highest BCUT2D eigenvalue weighted by Crippen LogP contribution is 2.35. The van der Waals surface area contributed by atoms with Crippen molar-refractivity contribution < 1.29 is 22.6 Å². The van der Waals surface area contributed by atoms with Gasteiger partial charge in [-0.25, -0.2) is 8.78 Å². The van der Waals surface area contributed by atoms with Crippen molar-refractivity contribution in [1.82, 2.24) is 0 Å². The van der Waals surface area contributed by atoms with Gasteiger partial charge in [-0.15, -0.1) is 0 Å². The van der Waals surface area contributed by atoms with E-state index in [1.54, 1.807) is 12.1 Å². The molecule has 2 aromatic carbocycles. The molecule has 3 rings (SSSR count). The van der Waals surface area contributed by atoms with Crippen molar-refractivity contribution in [2.24, 2.45) is 0 Å². The Hall–Kier alpha value is -2.27. The zero-order chi connectivity index (χ0) is 20.8. The van der Waals surface area contributed by atoms with Gasteiger partial charge in [0.05, 0.1) is 12.7 Å². The zero-order valence-electron chi connectivity index (χ0n) is 16.7. The Kier molecular flexibility index (Phi) is 7.37. The molecular weight excluding hydrogens is 377 g/mol. The van der Waals surface area contributed by atoms with E-state index in [1.165, 1.54) is 24.3 Å². The number of hydrogen-bond acceptors (Lipinski definition) is 2. The molecule has 156 valence electrons. The highest BCUT2D eigenvalue weighted by Gasteiger charge is 2.25. The molecule has 1 fully saturated rings. The summed E-state index contributed by atoms with van der Waals surface area (Å²) in [6.45, 7) is 6.19. The number of rotatable bonds is 8. The van der Waals surface area contributed by atoms with E-state index >= 15 is 0 Å². The minimum atomic E-state index is -1.09. The van der Waals surface area contributed by atoms with Crippen LogP contribution in [-0.4, -0.2) is 19.3 Å². The Morgan fingerprint density at radius 1 is 1.14 bits per heavy atom. The summed E-state index contributed by atoms with van der Waals surface area (Å²) >= 11 is 0. The standard InChI is InChI=1S/C24H27F3O2/c1-3-5-6-18-9-7-17(15-29-18)19-10-8-16(14-21(19)25)20-11-12-22(28-13-4-2)24(27)23(20)26/h4,8,10-12,14,17-18H,2-3,5-7,9,13,15H2,1H3. The Morgan fingerprint density at radius 3 is 2.62 bits per heavy atom. The molecular formula is C24H27F3O2. The Balaban J connectivity index is 1.75. The first kappa shape index (κ1) is 21.4. The Morgan fingerprint density at radius 2 is 1.97 bits per heavy atom. The van der Waals surface area contributed by atoms with Crippen molar-refractivity contribution in [1.29, 1.82) is 0 Å². The lowest BCUT2D eigenvalue weighted by Gasteiger charge is -2.29. The van der Waals surface area contributed by atoms with Gasteiger partial charge in [0.15, 0.2) is 11.6 Å². The van der Waals surface area contributed by atoms with E-state index in [9.17, 15) is 13.2 Å². The van der Waals surface area contributed by atoms with Crippen LogP contribution >= 0.6 is 0 Å². The van der Waals surface area contributed by atoms with Crippen LogP contribution in [0.3, 0.4) is 0 Å². The summed E-state index contributed by atoms with van der Waals surface area (Å²) in [5.74, 6) is -2.78. The second kappa shape index (κ2) is 9.97. The number of benzene rings is 2. The quantitative estimate of drug-likeness (QED) is 0.451. The molecule has 0 saturated carbocycles. The van der Waals surface area contributed by atoms with Gasteiger partial charge in [0, 0.05) is 11.5 Å². The minimum absolute atomic E-state index is 0.00146. The predicted octanol–water partition coefficient (Wildman–Crippen LogP) is 6.79. The van der Waals surface area contributed by atoms with Gasteiger partial charge in [0.2, 0.25) is 5.82 Å². The molecule has 1 aliphatic rings. The van der Waals surface area contributed by atoms with Crippen molar-refractivity contribution in [2.45, 2.75) is 51.0 Å². The summed E-state index contributed by atoms with van der Waals surface area (Å²) in [4.78, 5) is 0. The van der Waals surface area contributed by atoms with Crippen LogP contribution in [0.5, 0.6) is 5.75 Å². The fraction of sp³-hybridized carbons (Fsp3) is 0.417. The van der Waals surface area contributed by atoms with Crippen molar-refractivity contribution in [3.63, 3.8) is 0 Å². The fourth-order valence-electron chi connectivity index (χ4n) is 3.75. The first-order chi connectivity index (χ1) is 14.0. The molecule has 2 nitrogen and oxygen atoms in total. The third-order valence-electron chi connectivity index (χ3n) is 5.40. The largest absolute Gasteiger partial charge is 0.486 e. The van der Waals surface area contributed by atoms with Gasteiger partial charge >= 0.3 is 0 Å². The monoisotopic (exact) mass is 404 g/mol. The second-order valence-corrected chi connectivity index (χ2v) is 7.45. The van der Waals surface area contributed by atoms with E-state index < -0.39 is 17.5 Å². The first-order valence-electron chi connectivity index (χ1n) is 10.2. The van der Waals surface area contributed by atoms with Gasteiger partial charge in [0.1, 0.15) is 12.4 Å². The molecule has 0 aromatic heterocycles. The van der Waals surface area contributed by atoms with Crippen molar-refractivity contribution in [3.05, 3.63) is 66.0 Å². The zero-order valence-corrected chi connectivity index (χ0v) is 16.7. The lowest BCUT2D eigenvalue weighted by Crippen LogP contribution is -2.25. The fourth-order valence-corrected chi connectivity index (χ4v) is 3.75. The SMILES string of the molecule is C=CCOc1ccc(-c2ccc(C3CCC(CCCC)OC3)c(F)c2)c(F)c1F. The maximum absolute atomic E-state index is 14.8. The van der Waals surface area contributed by atoms with Crippen LogP contribution in [0.2, 0.25) is 0 Å². The van der Waals surface area contributed by atoms with Gasteiger partial charge in [-0.3, -0.25) is 0 Å². The third kappa shape index (κ3) is 5.02. The average molecular weight is 404 g/mol. The number of unbranched alkanes of at least 4 members (excludes halogenated alkanes) is 1. The van der Waals surface area contributed by atoms with Gasteiger partial charge in [-0.05, 0) is 48.6 Å². The third-order valence-corrected chi connectivity index (χ3v) is 5.40. The summed E-state index contributed by atoms with van der Waals surface area (Å²) in [5, 5.41) is 0. The van der Waals surface area contributed by atoms with Crippen LogP contribution in [0.25, 0.3) is 11.1 Å². The summed E-state index contributed by atoms with van der Waals surface area (Å²) in [7, 11) is 0. The van der Waals surface area contributed by atoms with Gasteiger partial charge < -0.3 is 9.47 Å². The second-order valence-electron chi connectivity index (χ2n) is 7.45. The molecule has 29 heavy (non-hydrogen) atoms. The van der Waals surface area contributed by atoms with E-state index in [2.05, 4.69) is 13.5 Å². The molecule has 2 aromatic rings. The molecule has 0 amide bonds. The van der Waals surface area contributed by atoms with Crippen LogP contribution < -0.4 is 4.74 Å². The summed E-state index contributed by atoms with van der Waals surface area (Å²) in [5.41, 5.74) is 0.850. The molecule has 2 unspecified atom stereocenters. The van der Waals surface area contributed by atoms with Crippen molar-refractivity contribution >= 4 is 0 Å². The minimum Gasteiger partial charge on any atom is -0.486 e. The maximum Gasteiger partial charge on any atom is 0.201 e. The molecule has 1 aliphatic heterocycles. The Labute approximate surface area is 170 Å². The smallest absolute Gasteiger partial charge is 0.201 e. The molecule has 5 heteroatoms. The normalized spacial score (nSPS) is 19.2. The van der Waals surface area contributed by atoms with Crippen LogP contribution in [0.1, 0.15) is 50.5 Å². The van der Waals surface area contributed by atoms with Crippen LogP contribution in [0.15, 0.2) is 43.0 Å². The van der Waals surface area contributed by atoms with Crippen LogP contribution in [0.4, 0.5) is 13.2 Å². The Bertz CT molecular complexity index is 842. The van der Waals surface area contributed by atoms with E-state index in [0.717, 1.165) is 32.1 Å². The number of ether oxygens (including phenoxy) is 2. The molecule has 0 spiro atoms. The molecule has 0 aliphatic carbocycles. The highest BCUT2D eigenvalue weighted by atomic mass is 19.2. The lowest BCUT2D eigenvalue weighted by atomic mass is 9.88. The average Bonchev–Trinajstić information content (AvgIpc) is 2.74. The molecule has 1 heterocycles. The maximum atomic E-state index is 14.8. The van der Waals surface area contributed by atoms with Crippen LogP contribution in [0, 0.1) is 17.5 Å².